The highest BCUT2D eigenvalue weighted by Crippen LogP contribution is 2.25. The number of nitriles is 1. The van der Waals surface area contributed by atoms with Gasteiger partial charge in [-0.05, 0) is 36.8 Å². The summed E-state index contributed by atoms with van der Waals surface area (Å²) in [6.07, 6.45) is -2.42. The molecule has 2 heterocycles. The number of fused-ring (bicyclic) bond motifs is 1. The molecule has 0 atom stereocenters. The Hall–Kier alpha value is -4.37. The molecule has 4 rings (SSSR count). The lowest BCUT2D eigenvalue weighted by Gasteiger charge is -2.16. The van der Waals surface area contributed by atoms with E-state index in [2.05, 4.69) is 20.3 Å². The maximum absolute atomic E-state index is 14.2. The van der Waals surface area contributed by atoms with Crippen molar-refractivity contribution in [3.63, 3.8) is 0 Å². The molecule has 0 aliphatic heterocycles. The van der Waals surface area contributed by atoms with Crippen LogP contribution in [0.1, 0.15) is 29.8 Å². The molecule has 0 amide bonds. The van der Waals surface area contributed by atoms with Crippen molar-refractivity contribution in [2.24, 2.45) is 0 Å². The smallest absolute Gasteiger partial charge is 0.267 e. The van der Waals surface area contributed by atoms with Gasteiger partial charge in [0.15, 0.2) is 5.82 Å². The molecule has 5 N–H and O–H groups in total. The zero-order chi connectivity index (χ0) is 26.0. The Morgan fingerprint density at radius 2 is 1.94 bits per heavy atom. The number of hydrogen-bond donors (Lipinski definition) is 3. The largest absolute Gasteiger partial charge is 0.382 e. The highest BCUT2D eigenvalue weighted by molar-refractivity contribution is 6.35. The van der Waals surface area contributed by atoms with E-state index in [1.807, 2.05) is 6.07 Å². The minimum atomic E-state index is -2.94. The standard InChI is InChI=1S/C23H18ClF3N8O/c24-15-3-1-4-16-18(15)22(36)35(13-8-11(19(26)27)7-12(25)9-13)17(32-16)5-2-6-31-21-14(10-28)20(29)33-23(30)34-21/h1,3-4,7-9,19H,2,5-6H2,(H5,29,30,31,33,34). The number of aryl methyl sites for hydroxylation is 1. The Kier molecular flexibility index (Phi) is 6.93. The van der Waals surface area contributed by atoms with Crippen molar-refractivity contribution in [1.29, 1.82) is 5.26 Å². The molecule has 2 aromatic carbocycles. The molecule has 0 bridgehead atoms. The number of nitrogens with one attached hydrogen (secondary N) is 1. The quantitative estimate of drug-likeness (QED) is 0.313. The number of anilines is 3. The summed E-state index contributed by atoms with van der Waals surface area (Å²) in [6.45, 7) is 0.249. The number of hydrogen-bond acceptors (Lipinski definition) is 8. The molecule has 0 spiro atoms. The summed E-state index contributed by atoms with van der Waals surface area (Å²) in [6, 6.07) is 9.33. The van der Waals surface area contributed by atoms with Crippen LogP contribution >= 0.6 is 11.6 Å². The maximum atomic E-state index is 14.2. The summed E-state index contributed by atoms with van der Waals surface area (Å²) < 4.78 is 41.9. The number of nitrogens with two attached hydrogens (primary N) is 2. The summed E-state index contributed by atoms with van der Waals surface area (Å²) in [7, 11) is 0. The molecular weight excluding hydrogens is 497 g/mol. The molecule has 0 saturated heterocycles. The first-order valence-corrected chi connectivity index (χ1v) is 10.9. The van der Waals surface area contributed by atoms with Crippen LogP contribution in [0.3, 0.4) is 0 Å². The minimum absolute atomic E-state index is 0.0267. The third kappa shape index (κ3) is 4.87. The van der Waals surface area contributed by atoms with Gasteiger partial charge >= 0.3 is 0 Å². The molecule has 9 nitrogen and oxygen atoms in total. The molecule has 0 saturated carbocycles. The highest BCUT2D eigenvalue weighted by atomic mass is 35.5. The van der Waals surface area contributed by atoms with E-state index in [0.717, 1.165) is 16.7 Å². The number of nitrogen functional groups attached to an aromatic ring is 2. The van der Waals surface area contributed by atoms with Crippen molar-refractivity contribution in [3.8, 4) is 11.8 Å². The summed E-state index contributed by atoms with van der Waals surface area (Å²) in [4.78, 5) is 25.6. The SMILES string of the molecule is N#Cc1c(N)nc(N)nc1NCCCc1nc2cccc(Cl)c2c(=O)n1-c1cc(F)cc(C(F)F)c1. The van der Waals surface area contributed by atoms with E-state index in [1.54, 1.807) is 12.1 Å². The van der Waals surface area contributed by atoms with Crippen LogP contribution in [-0.2, 0) is 6.42 Å². The first kappa shape index (κ1) is 24.7. The predicted molar refractivity (Wildman–Crippen MR) is 130 cm³/mol. The molecular formula is C23H18ClF3N8O. The fraction of sp³-hybridized carbons (Fsp3) is 0.174. The zero-order valence-corrected chi connectivity index (χ0v) is 19.2. The lowest BCUT2D eigenvalue weighted by atomic mass is 10.1. The van der Waals surface area contributed by atoms with E-state index in [9.17, 15) is 23.2 Å². The Labute approximate surface area is 207 Å². The third-order valence-electron chi connectivity index (χ3n) is 5.27. The molecule has 0 radical (unpaired) electrons. The second-order valence-corrected chi connectivity index (χ2v) is 8.09. The van der Waals surface area contributed by atoms with Crippen molar-refractivity contribution in [1.82, 2.24) is 19.5 Å². The van der Waals surface area contributed by atoms with Gasteiger partial charge in [-0.1, -0.05) is 17.7 Å². The lowest BCUT2D eigenvalue weighted by molar-refractivity contribution is 0.151. The number of halogens is 4. The van der Waals surface area contributed by atoms with Crippen LogP contribution in [0.2, 0.25) is 5.02 Å². The average molecular weight is 515 g/mol. The van der Waals surface area contributed by atoms with Gasteiger partial charge in [0, 0.05) is 18.5 Å². The highest BCUT2D eigenvalue weighted by Gasteiger charge is 2.18. The van der Waals surface area contributed by atoms with Gasteiger partial charge in [-0.15, -0.1) is 0 Å². The van der Waals surface area contributed by atoms with Crippen LogP contribution in [0.15, 0.2) is 41.2 Å². The molecule has 0 aliphatic rings. The number of alkyl halides is 2. The van der Waals surface area contributed by atoms with E-state index in [0.29, 0.717) is 18.0 Å². The van der Waals surface area contributed by atoms with Gasteiger partial charge in [-0.25, -0.2) is 18.2 Å². The number of nitrogens with zero attached hydrogens (tertiary/aromatic N) is 5. The molecule has 13 heteroatoms. The van der Waals surface area contributed by atoms with Gasteiger partial charge in [0.2, 0.25) is 5.95 Å². The monoisotopic (exact) mass is 514 g/mol. The van der Waals surface area contributed by atoms with Crippen molar-refractivity contribution >= 4 is 40.1 Å². The molecule has 2 aromatic heterocycles. The van der Waals surface area contributed by atoms with Crippen LogP contribution in [-0.4, -0.2) is 26.1 Å². The Balaban J connectivity index is 1.72. The topological polar surface area (TPSA) is 149 Å². The van der Waals surface area contributed by atoms with Crippen molar-refractivity contribution in [3.05, 3.63) is 74.5 Å². The van der Waals surface area contributed by atoms with Crippen molar-refractivity contribution < 1.29 is 13.2 Å². The average Bonchev–Trinajstić information content (AvgIpc) is 2.81. The Morgan fingerprint density at radius 3 is 2.67 bits per heavy atom. The molecule has 0 unspecified atom stereocenters. The molecule has 0 aliphatic carbocycles. The minimum Gasteiger partial charge on any atom is -0.382 e. The van der Waals surface area contributed by atoms with Crippen LogP contribution in [0.25, 0.3) is 16.6 Å². The van der Waals surface area contributed by atoms with Crippen LogP contribution < -0.4 is 22.3 Å². The Morgan fingerprint density at radius 1 is 1.17 bits per heavy atom. The summed E-state index contributed by atoms with van der Waals surface area (Å²) in [5, 5.41) is 12.4. The van der Waals surface area contributed by atoms with Crippen LogP contribution in [0.4, 0.5) is 30.8 Å². The number of benzene rings is 2. The fourth-order valence-electron chi connectivity index (χ4n) is 3.71. The maximum Gasteiger partial charge on any atom is 0.267 e. The number of rotatable bonds is 7. The van der Waals surface area contributed by atoms with E-state index >= 15 is 0 Å². The van der Waals surface area contributed by atoms with Crippen LogP contribution in [0.5, 0.6) is 0 Å². The molecule has 0 fully saturated rings. The summed E-state index contributed by atoms with van der Waals surface area (Å²) >= 11 is 6.22. The van der Waals surface area contributed by atoms with E-state index in [-0.39, 0.29) is 58.0 Å². The number of aromatic nitrogens is 4. The van der Waals surface area contributed by atoms with Crippen molar-refractivity contribution in [2.45, 2.75) is 19.3 Å². The summed E-state index contributed by atoms with van der Waals surface area (Å²) in [5.41, 5.74) is 10.3. The lowest BCUT2D eigenvalue weighted by Crippen LogP contribution is -2.25. The van der Waals surface area contributed by atoms with Gasteiger partial charge in [-0.2, -0.15) is 15.2 Å². The zero-order valence-electron chi connectivity index (χ0n) is 18.5. The first-order chi connectivity index (χ1) is 17.2. The van der Waals surface area contributed by atoms with E-state index < -0.39 is 23.4 Å². The molecule has 36 heavy (non-hydrogen) atoms. The first-order valence-electron chi connectivity index (χ1n) is 10.6. The van der Waals surface area contributed by atoms with E-state index in [4.69, 9.17) is 23.1 Å². The second kappa shape index (κ2) is 10.1. The van der Waals surface area contributed by atoms with Gasteiger partial charge < -0.3 is 16.8 Å². The van der Waals surface area contributed by atoms with Gasteiger partial charge in [-0.3, -0.25) is 9.36 Å². The fourth-order valence-corrected chi connectivity index (χ4v) is 3.96. The molecule has 4 aromatic rings. The predicted octanol–water partition coefficient (Wildman–Crippen LogP) is 3.99. The third-order valence-corrected chi connectivity index (χ3v) is 5.58. The van der Waals surface area contributed by atoms with Gasteiger partial charge in [0.05, 0.1) is 21.6 Å². The Bertz CT molecular complexity index is 1570. The van der Waals surface area contributed by atoms with Gasteiger partial charge in [0.25, 0.3) is 12.0 Å². The van der Waals surface area contributed by atoms with Crippen LogP contribution in [0, 0.1) is 17.1 Å². The van der Waals surface area contributed by atoms with E-state index in [1.165, 1.54) is 6.07 Å². The van der Waals surface area contributed by atoms with Gasteiger partial charge in [0.1, 0.15) is 29.1 Å². The van der Waals surface area contributed by atoms with Crippen molar-refractivity contribution in [2.75, 3.05) is 23.3 Å². The second-order valence-electron chi connectivity index (χ2n) is 7.68. The normalized spacial score (nSPS) is 11.1. The molecule has 184 valence electrons. The summed E-state index contributed by atoms with van der Waals surface area (Å²) in [5.74, 6) is -0.772.